The Bertz CT molecular complexity index is 371. The second-order valence-corrected chi connectivity index (χ2v) is 5.58. The van der Waals surface area contributed by atoms with Gasteiger partial charge in [0.05, 0.1) is 0 Å². The molecule has 1 aromatic heterocycles. The molecular formula is C11H15NOS. The predicted molar refractivity (Wildman–Crippen MR) is 58.6 cm³/mol. The number of rotatable bonds is 1. The zero-order chi connectivity index (χ0) is 10.3. The molecule has 0 saturated carbocycles. The largest absolute Gasteiger partial charge is 0.353 e. The Kier molecular flexibility index (Phi) is 2.14. The van der Waals surface area contributed by atoms with Gasteiger partial charge in [-0.05, 0) is 26.0 Å². The van der Waals surface area contributed by atoms with Crippen LogP contribution in [-0.4, -0.2) is 11.9 Å². The van der Waals surface area contributed by atoms with Crippen LogP contribution in [0.2, 0.25) is 0 Å². The highest BCUT2D eigenvalue weighted by atomic mass is 32.1. The lowest BCUT2D eigenvalue weighted by Crippen LogP contribution is -2.34. The van der Waals surface area contributed by atoms with Gasteiger partial charge in [0.1, 0.15) is 0 Å². The van der Waals surface area contributed by atoms with Crippen LogP contribution >= 0.6 is 11.3 Å². The van der Waals surface area contributed by atoms with E-state index in [2.05, 4.69) is 38.2 Å². The molecule has 2 atom stereocenters. The zero-order valence-corrected chi connectivity index (χ0v) is 9.57. The maximum atomic E-state index is 11.3. The summed E-state index contributed by atoms with van der Waals surface area (Å²) in [5.74, 6) is 0.172. The summed E-state index contributed by atoms with van der Waals surface area (Å²) in [5.41, 5.74) is -0.00396. The van der Waals surface area contributed by atoms with Crippen molar-refractivity contribution in [3.63, 3.8) is 0 Å². The third-order valence-corrected chi connectivity index (χ3v) is 4.44. The Morgan fingerprint density at radius 1 is 1.57 bits per heavy atom. The van der Waals surface area contributed by atoms with E-state index in [1.807, 2.05) is 0 Å². The molecule has 0 radical (unpaired) electrons. The smallest absolute Gasteiger partial charge is 0.221 e. The van der Waals surface area contributed by atoms with E-state index < -0.39 is 0 Å². The van der Waals surface area contributed by atoms with Gasteiger partial charge in [0, 0.05) is 27.6 Å². The van der Waals surface area contributed by atoms with Crippen molar-refractivity contribution in [1.82, 2.24) is 5.32 Å². The summed E-state index contributed by atoms with van der Waals surface area (Å²) in [7, 11) is 0. The molecule has 2 nitrogen and oxygen atoms in total. The van der Waals surface area contributed by atoms with Crippen LogP contribution in [0.1, 0.15) is 30.0 Å². The van der Waals surface area contributed by atoms with Gasteiger partial charge in [0.25, 0.3) is 0 Å². The molecule has 1 aliphatic rings. The normalized spacial score (nSPS) is 31.9. The Morgan fingerprint density at radius 2 is 2.29 bits per heavy atom. The van der Waals surface area contributed by atoms with Gasteiger partial charge in [-0.2, -0.15) is 0 Å². The minimum atomic E-state index is -0.00396. The van der Waals surface area contributed by atoms with Gasteiger partial charge in [-0.1, -0.05) is 6.92 Å². The van der Waals surface area contributed by atoms with E-state index >= 15 is 0 Å². The minimum Gasteiger partial charge on any atom is -0.353 e. The number of carbonyl (C=O) groups excluding carboxylic acids is 1. The number of amides is 1. The first-order valence-corrected chi connectivity index (χ1v) is 5.70. The van der Waals surface area contributed by atoms with Gasteiger partial charge in [0.2, 0.25) is 5.91 Å². The standard InChI is InChI=1S/C11H15NOS/c1-7-4-5-9(14-7)11(3)6-10(13)12-8(11)2/h4-5,8H,6H2,1-3H3,(H,12,13). The van der Waals surface area contributed by atoms with Crippen LogP contribution in [0, 0.1) is 6.92 Å². The highest BCUT2D eigenvalue weighted by molar-refractivity contribution is 7.12. The lowest BCUT2D eigenvalue weighted by Gasteiger charge is -2.25. The van der Waals surface area contributed by atoms with E-state index in [9.17, 15) is 4.79 Å². The third-order valence-electron chi connectivity index (χ3n) is 3.16. The van der Waals surface area contributed by atoms with Gasteiger partial charge in [-0.15, -0.1) is 11.3 Å². The quantitative estimate of drug-likeness (QED) is 0.755. The number of carbonyl (C=O) groups is 1. The van der Waals surface area contributed by atoms with E-state index in [-0.39, 0.29) is 17.4 Å². The summed E-state index contributed by atoms with van der Waals surface area (Å²) >= 11 is 1.80. The Hall–Kier alpha value is -0.830. The van der Waals surface area contributed by atoms with Crippen molar-refractivity contribution in [3.8, 4) is 0 Å². The molecule has 3 heteroatoms. The van der Waals surface area contributed by atoms with E-state index in [1.165, 1.54) is 9.75 Å². The van der Waals surface area contributed by atoms with E-state index in [0.29, 0.717) is 6.42 Å². The van der Waals surface area contributed by atoms with Gasteiger partial charge >= 0.3 is 0 Å². The van der Waals surface area contributed by atoms with Crippen LogP contribution in [0.4, 0.5) is 0 Å². The number of hydrogen-bond donors (Lipinski definition) is 1. The molecule has 1 amide bonds. The highest BCUT2D eigenvalue weighted by Gasteiger charge is 2.42. The monoisotopic (exact) mass is 209 g/mol. The highest BCUT2D eigenvalue weighted by Crippen LogP contribution is 2.38. The Balaban J connectivity index is 2.37. The summed E-state index contributed by atoms with van der Waals surface area (Å²) in [6.07, 6.45) is 0.619. The molecule has 76 valence electrons. The SMILES string of the molecule is Cc1ccc(C2(C)CC(=O)NC2C)s1. The molecule has 2 unspecified atom stereocenters. The maximum absolute atomic E-state index is 11.3. The van der Waals surface area contributed by atoms with Crippen LogP contribution in [0.3, 0.4) is 0 Å². The number of hydrogen-bond acceptors (Lipinski definition) is 2. The van der Waals surface area contributed by atoms with Crippen LogP contribution in [0.5, 0.6) is 0 Å². The predicted octanol–water partition coefficient (Wildman–Crippen LogP) is 2.22. The summed E-state index contributed by atoms with van der Waals surface area (Å²) < 4.78 is 0. The fourth-order valence-corrected chi connectivity index (χ4v) is 3.08. The summed E-state index contributed by atoms with van der Waals surface area (Å²) in [6.45, 7) is 6.35. The molecule has 1 aliphatic heterocycles. The van der Waals surface area contributed by atoms with Crippen molar-refractivity contribution in [2.45, 2.75) is 38.6 Å². The second-order valence-electron chi connectivity index (χ2n) is 4.29. The van der Waals surface area contributed by atoms with Crippen molar-refractivity contribution < 1.29 is 4.79 Å². The number of nitrogens with one attached hydrogen (secondary N) is 1. The molecule has 1 aromatic rings. The first-order chi connectivity index (χ1) is 6.52. The average Bonchev–Trinajstić information content (AvgIpc) is 2.59. The molecular weight excluding hydrogens is 194 g/mol. The number of aryl methyl sites for hydroxylation is 1. The van der Waals surface area contributed by atoms with Crippen molar-refractivity contribution in [2.75, 3.05) is 0 Å². The van der Waals surface area contributed by atoms with Crippen LogP contribution in [-0.2, 0) is 10.2 Å². The van der Waals surface area contributed by atoms with Crippen molar-refractivity contribution in [2.24, 2.45) is 0 Å². The molecule has 1 fully saturated rings. The van der Waals surface area contributed by atoms with Crippen molar-refractivity contribution in [1.29, 1.82) is 0 Å². The molecule has 14 heavy (non-hydrogen) atoms. The van der Waals surface area contributed by atoms with Crippen LogP contribution in [0.15, 0.2) is 12.1 Å². The Labute approximate surface area is 88.3 Å². The molecule has 2 rings (SSSR count). The maximum Gasteiger partial charge on any atom is 0.221 e. The summed E-state index contributed by atoms with van der Waals surface area (Å²) in [6, 6.07) is 4.52. The minimum absolute atomic E-state index is 0.00396. The van der Waals surface area contributed by atoms with Gasteiger partial charge in [0.15, 0.2) is 0 Å². The topological polar surface area (TPSA) is 29.1 Å². The molecule has 0 bridgehead atoms. The first kappa shape index (κ1) is 9.71. The fourth-order valence-electron chi connectivity index (χ4n) is 1.98. The fraction of sp³-hybridized carbons (Fsp3) is 0.545. The Morgan fingerprint density at radius 3 is 2.71 bits per heavy atom. The van der Waals surface area contributed by atoms with E-state index in [4.69, 9.17) is 0 Å². The van der Waals surface area contributed by atoms with Crippen LogP contribution < -0.4 is 5.32 Å². The molecule has 1 N–H and O–H groups in total. The van der Waals surface area contributed by atoms with Crippen LogP contribution in [0.25, 0.3) is 0 Å². The first-order valence-electron chi connectivity index (χ1n) is 4.88. The van der Waals surface area contributed by atoms with Gasteiger partial charge in [-0.25, -0.2) is 0 Å². The second kappa shape index (κ2) is 3.09. The summed E-state index contributed by atoms with van der Waals surface area (Å²) in [5, 5.41) is 2.98. The zero-order valence-electron chi connectivity index (χ0n) is 8.76. The summed E-state index contributed by atoms with van der Waals surface area (Å²) in [4.78, 5) is 14.0. The van der Waals surface area contributed by atoms with E-state index in [0.717, 1.165) is 0 Å². The molecule has 2 heterocycles. The molecule has 0 aliphatic carbocycles. The van der Waals surface area contributed by atoms with Gasteiger partial charge < -0.3 is 5.32 Å². The number of thiophene rings is 1. The van der Waals surface area contributed by atoms with Crippen molar-refractivity contribution in [3.05, 3.63) is 21.9 Å². The average molecular weight is 209 g/mol. The van der Waals surface area contributed by atoms with Crippen molar-refractivity contribution >= 4 is 17.2 Å². The van der Waals surface area contributed by atoms with Gasteiger partial charge in [-0.3, -0.25) is 4.79 Å². The lowest BCUT2D eigenvalue weighted by molar-refractivity contribution is -0.119. The van der Waals surface area contributed by atoms with E-state index in [1.54, 1.807) is 11.3 Å². The molecule has 1 saturated heterocycles. The molecule has 0 spiro atoms. The third kappa shape index (κ3) is 1.36. The lowest BCUT2D eigenvalue weighted by atomic mass is 9.82. The molecule has 0 aromatic carbocycles.